The highest BCUT2D eigenvalue weighted by molar-refractivity contribution is 6.51. The van der Waals surface area contributed by atoms with E-state index in [1.165, 1.54) is 5.56 Å². The van der Waals surface area contributed by atoms with Gasteiger partial charge >= 0.3 is 0 Å². The first kappa shape index (κ1) is 12.8. The van der Waals surface area contributed by atoms with Crippen LogP contribution in [0.5, 0.6) is 5.75 Å². The van der Waals surface area contributed by atoms with Crippen molar-refractivity contribution in [2.45, 2.75) is 23.3 Å². The maximum absolute atomic E-state index is 6.06. The molecular formula is C16H14Cl2O. The maximum atomic E-state index is 6.06. The fraction of sp³-hybridized carbons (Fsp3) is 0.250. The third-order valence-corrected chi connectivity index (χ3v) is 4.19. The van der Waals surface area contributed by atoms with Crippen molar-refractivity contribution in [2.24, 2.45) is 0 Å². The molecule has 0 bridgehead atoms. The highest BCUT2D eigenvalue weighted by Gasteiger charge is 2.52. The van der Waals surface area contributed by atoms with E-state index in [1.54, 1.807) is 0 Å². The fourth-order valence-corrected chi connectivity index (χ4v) is 2.67. The topological polar surface area (TPSA) is 9.23 Å². The molecule has 0 unspecified atom stereocenters. The molecule has 3 rings (SSSR count). The molecule has 0 radical (unpaired) electrons. The Morgan fingerprint density at radius 2 is 1.63 bits per heavy atom. The van der Waals surface area contributed by atoms with Gasteiger partial charge in [0.15, 0.2) is 0 Å². The number of halogens is 2. The van der Waals surface area contributed by atoms with Gasteiger partial charge in [0, 0.05) is 5.92 Å². The summed E-state index contributed by atoms with van der Waals surface area (Å²) in [5.74, 6) is 1.13. The maximum Gasteiger partial charge on any atom is 0.125 e. The van der Waals surface area contributed by atoms with Crippen molar-refractivity contribution in [1.82, 2.24) is 0 Å². The predicted octanol–water partition coefficient (Wildman–Crippen LogP) is 4.93. The Kier molecular flexibility index (Phi) is 3.42. The summed E-state index contributed by atoms with van der Waals surface area (Å²) in [6.07, 6.45) is 0.834. The molecule has 1 atom stereocenters. The molecule has 0 amide bonds. The van der Waals surface area contributed by atoms with Crippen LogP contribution in [0, 0.1) is 0 Å². The summed E-state index contributed by atoms with van der Waals surface area (Å²) in [6.45, 7) is 0.582. The van der Waals surface area contributed by atoms with Crippen molar-refractivity contribution in [3.63, 3.8) is 0 Å². The molecule has 3 heteroatoms. The lowest BCUT2D eigenvalue weighted by molar-refractivity contribution is 0.306. The third kappa shape index (κ3) is 3.05. The van der Waals surface area contributed by atoms with Crippen LogP contribution in [-0.2, 0) is 6.61 Å². The van der Waals surface area contributed by atoms with Gasteiger partial charge in [0.1, 0.15) is 16.7 Å². The monoisotopic (exact) mass is 292 g/mol. The van der Waals surface area contributed by atoms with Gasteiger partial charge in [-0.3, -0.25) is 0 Å². The van der Waals surface area contributed by atoms with Crippen LogP contribution in [-0.4, -0.2) is 4.33 Å². The normalized spacial score (nSPS) is 20.0. The molecular weight excluding hydrogens is 279 g/mol. The Morgan fingerprint density at radius 3 is 2.21 bits per heavy atom. The van der Waals surface area contributed by atoms with Gasteiger partial charge in [-0.15, -0.1) is 23.2 Å². The number of hydrogen-bond donors (Lipinski definition) is 0. The van der Waals surface area contributed by atoms with E-state index >= 15 is 0 Å². The molecule has 0 saturated heterocycles. The number of benzene rings is 2. The molecule has 0 spiro atoms. The van der Waals surface area contributed by atoms with Gasteiger partial charge in [0.25, 0.3) is 0 Å². The van der Waals surface area contributed by atoms with Crippen molar-refractivity contribution in [2.75, 3.05) is 0 Å². The molecule has 0 aliphatic heterocycles. The first-order chi connectivity index (χ1) is 9.15. The number of alkyl halides is 2. The zero-order valence-electron chi connectivity index (χ0n) is 10.4. The van der Waals surface area contributed by atoms with Gasteiger partial charge in [0.2, 0.25) is 0 Å². The molecule has 2 aromatic carbocycles. The number of hydrogen-bond acceptors (Lipinski definition) is 1. The van der Waals surface area contributed by atoms with Crippen LogP contribution >= 0.6 is 23.2 Å². The number of rotatable bonds is 4. The first-order valence-electron chi connectivity index (χ1n) is 6.30. The van der Waals surface area contributed by atoms with E-state index in [0.717, 1.165) is 17.7 Å². The van der Waals surface area contributed by atoms with E-state index in [1.807, 2.05) is 54.6 Å². The molecule has 1 aliphatic carbocycles. The molecule has 1 saturated carbocycles. The zero-order chi connectivity index (χ0) is 13.3. The van der Waals surface area contributed by atoms with Crippen LogP contribution < -0.4 is 4.74 Å². The second-order valence-electron chi connectivity index (χ2n) is 4.86. The van der Waals surface area contributed by atoms with Crippen molar-refractivity contribution >= 4 is 23.2 Å². The standard InChI is InChI=1S/C16H14Cl2O/c17-16(18)10-15(16)13-6-8-14(9-7-13)19-11-12-4-2-1-3-5-12/h1-9,15H,10-11H2/t15-/m0/s1. The van der Waals surface area contributed by atoms with Gasteiger partial charge in [-0.2, -0.15) is 0 Å². The van der Waals surface area contributed by atoms with Crippen LogP contribution in [0.2, 0.25) is 0 Å². The Balaban J connectivity index is 1.61. The molecule has 0 N–H and O–H groups in total. The molecule has 19 heavy (non-hydrogen) atoms. The van der Waals surface area contributed by atoms with Crippen LogP contribution in [0.3, 0.4) is 0 Å². The van der Waals surface area contributed by atoms with Crippen molar-refractivity contribution in [1.29, 1.82) is 0 Å². The van der Waals surface area contributed by atoms with E-state index in [0.29, 0.717) is 6.61 Å². The Bertz CT molecular complexity index is 549. The second-order valence-corrected chi connectivity index (χ2v) is 6.40. The van der Waals surface area contributed by atoms with E-state index in [4.69, 9.17) is 27.9 Å². The van der Waals surface area contributed by atoms with Gasteiger partial charge in [-0.25, -0.2) is 0 Å². The average molecular weight is 293 g/mol. The van der Waals surface area contributed by atoms with Crippen LogP contribution in [0.4, 0.5) is 0 Å². The molecule has 1 nitrogen and oxygen atoms in total. The molecule has 98 valence electrons. The first-order valence-corrected chi connectivity index (χ1v) is 7.05. The van der Waals surface area contributed by atoms with Crippen molar-refractivity contribution < 1.29 is 4.74 Å². The summed E-state index contributed by atoms with van der Waals surface area (Å²) in [5, 5.41) is 0. The zero-order valence-corrected chi connectivity index (χ0v) is 11.9. The minimum atomic E-state index is -0.563. The summed E-state index contributed by atoms with van der Waals surface area (Å²) in [6, 6.07) is 18.1. The fourth-order valence-electron chi connectivity index (χ4n) is 2.11. The van der Waals surface area contributed by atoms with Gasteiger partial charge in [-0.05, 0) is 29.7 Å². The Hall–Kier alpha value is -1.18. The molecule has 2 aromatic rings. The van der Waals surface area contributed by atoms with Crippen LogP contribution in [0.1, 0.15) is 23.5 Å². The number of ether oxygens (including phenoxy) is 1. The van der Waals surface area contributed by atoms with Crippen molar-refractivity contribution in [3.05, 3.63) is 65.7 Å². The Morgan fingerprint density at radius 1 is 1.00 bits per heavy atom. The van der Waals surface area contributed by atoms with Gasteiger partial charge in [0.05, 0.1) is 0 Å². The predicted molar refractivity (Wildman–Crippen MR) is 79.0 cm³/mol. The summed E-state index contributed by atoms with van der Waals surface area (Å²) < 4.78 is 5.17. The quantitative estimate of drug-likeness (QED) is 0.726. The summed E-state index contributed by atoms with van der Waals surface area (Å²) in [7, 11) is 0. The van der Waals surface area contributed by atoms with E-state index in [2.05, 4.69) is 0 Å². The van der Waals surface area contributed by atoms with Gasteiger partial charge < -0.3 is 4.74 Å². The smallest absolute Gasteiger partial charge is 0.125 e. The third-order valence-electron chi connectivity index (χ3n) is 3.36. The highest BCUT2D eigenvalue weighted by Crippen LogP contribution is 2.59. The minimum Gasteiger partial charge on any atom is -0.489 e. The van der Waals surface area contributed by atoms with E-state index in [9.17, 15) is 0 Å². The van der Waals surface area contributed by atoms with Crippen LogP contribution in [0.15, 0.2) is 54.6 Å². The molecule has 1 aliphatic rings. The highest BCUT2D eigenvalue weighted by atomic mass is 35.5. The summed E-state index contributed by atoms with van der Waals surface area (Å²) in [4.78, 5) is 0. The summed E-state index contributed by atoms with van der Waals surface area (Å²) >= 11 is 12.1. The SMILES string of the molecule is ClC1(Cl)C[C@H]1c1ccc(OCc2ccccc2)cc1. The molecule has 1 fully saturated rings. The largest absolute Gasteiger partial charge is 0.489 e. The Labute approximate surface area is 123 Å². The molecule has 0 heterocycles. The lowest BCUT2D eigenvalue weighted by atomic mass is 10.1. The minimum absolute atomic E-state index is 0.263. The van der Waals surface area contributed by atoms with Gasteiger partial charge in [-0.1, -0.05) is 42.5 Å². The average Bonchev–Trinajstić information content (AvgIpc) is 3.07. The van der Waals surface area contributed by atoms with Crippen molar-refractivity contribution in [3.8, 4) is 5.75 Å². The molecule has 0 aromatic heterocycles. The second kappa shape index (κ2) is 5.07. The van der Waals surface area contributed by atoms with Crippen LogP contribution in [0.25, 0.3) is 0 Å². The summed E-state index contributed by atoms with van der Waals surface area (Å²) in [5.41, 5.74) is 2.34. The van der Waals surface area contributed by atoms with E-state index in [-0.39, 0.29) is 5.92 Å². The lowest BCUT2D eigenvalue weighted by Crippen LogP contribution is -1.95. The lowest BCUT2D eigenvalue weighted by Gasteiger charge is -2.07. The van der Waals surface area contributed by atoms with E-state index < -0.39 is 4.33 Å².